The minimum atomic E-state index is -4.57. The van der Waals surface area contributed by atoms with Crippen molar-refractivity contribution in [3.63, 3.8) is 0 Å². The molecule has 0 aromatic carbocycles. The van der Waals surface area contributed by atoms with Crippen molar-refractivity contribution in [3.05, 3.63) is 46.1 Å². The molecule has 0 bridgehead atoms. The van der Waals surface area contributed by atoms with Gasteiger partial charge in [0.15, 0.2) is 0 Å². The molecular formula is C11H8ClF3N2O2S2. The second-order valence-electron chi connectivity index (χ2n) is 3.90. The molecule has 2 aromatic rings. The van der Waals surface area contributed by atoms with Gasteiger partial charge >= 0.3 is 6.18 Å². The lowest BCUT2D eigenvalue weighted by atomic mass is 10.3. The number of aromatic nitrogens is 1. The summed E-state index contributed by atoms with van der Waals surface area (Å²) in [6.07, 6.45) is -4.57. The van der Waals surface area contributed by atoms with Gasteiger partial charge in [-0.1, -0.05) is 17.7 Å². The molecule has 0 aliphatic heterocycles. The topological polar surface area (TPSA) is 59.1 Å². The molecule has 2 rings (SSSR count). The molecule has 10 heteroatoms. The average Bonchev–Trinajstić information content (AvgIpc) is 2.83. The molecule has 0 fully saturated rings. The quantitative estimate of drug-likeness (QED) is 0.914. The third kappa shape index (κ3) is 4.16. The smallest absolute Gasteiger partial charge is 0.247 e. The Hall–Kier alpha value is -1.16. The zero-order valence-electron chi connectivity index (χ0n) is 10.2. The number of hydrogen-bond donors (Lipinski definition) is 1. The van der Waals surface area contributed by atoms with Crippen molar-refractivity contribution in [1.82, 2.24) is 9.71 Å². The molecule has 2 aromatic heterocycles. The van der Waals surface area contributed by atoms with Gasteiger partial charge in [0.25, 0.3) is 0 Å². The molecule has 0 amide bonds. The average molecular weight is 357 g/mol. The van der Waals surface area contributed by atoms with Gasteiger partial charge in [-0.05, 0) is 24.3 Å². The highest BCUT2D eigenvalue weighted by atomic mass is 35.5. The lowest BCUT2D eigenvalue weighted by Gasteiger charge is -2.08. The van der Waals surface area contributed by atoms with E-state index >= 15 is 0 Å². The molecule has 114 valence electrons. The Labute approximate surface area is 127 Å². The van der Waals surface area contributed by atoms with E-state index in [-0.39, 0.29) is 16.4 Å². The van der Waals surface area contributed by atoms with Crippen LogP contribution in [-0.4, -0.2) is 13.4 Å². The van der Waals surface area contributed by atoms with Crippen LogP contribution in [0.4, 0.5) is 13.2 Å². The van der Waals surface area contributed by atoms with Gasteiger partial charge in [0.2, 0.25) is 10.0 Å². The van der Waals surface area contributed by atoms with Gasteiger partial charge in [0.1, 0.15) is 9.90 Å². The number of rotatable bonds is 4. The minimum absolute atomic E-state index is 0.0144. The highest BCUT2D eigenvalue weighted by Crippen LogP contribution is 2.28. The fraction of sp³-hybridized carbons (Fsp3) is 0.182. The Balaban J connectivity index is 2.13. The third-order valence-electron chi connectivity index (χ3n) is 2.35. The summed E-state index contributed by atoms with van der Waals surface area (Å²) in [4.78, 5) is 3.37. The molecule has 0 saturated heterocycles. The molecule has 0 radical (unpaired) electrons. The van der Waals surface area contributed by atoms with Gasteiger partial charge in [-0.15, -0.1) is 11.3 Å². The van der Waals surface area contributed by atoms with Crippen LogP contribution in [0.25, 0.3) is 0 Å². The van der Waals surface area contributed by atoms with Gasteiger partial charge in [0.05, 0.1) is 16.6 Å². The summed E-state index contributed by atoms with van der Waals surface area (Å²) in [5, 5.41) is 0. The van der Waals surface area contributed by atoms with Crippen molar-refractivity contribution in [1.29, 1.82) is 0 Å². The lowest BCUT2D eigenvalue weighted by molar-refractivity contribution is -0.141. The Kier molecular flexibility index (Phi) is 4.57. The van der Waals surface area contributed by atoms with E-state index in [0.29, 0.717) is 4.34 Å². The molecule has 0 unspecified atom stereocenters. The Bertz CT molecular complexity index is 744. The number of thiophene rings is 1. The molecule has 2 heterocycles. The maximum absolute atomic E-state index is 12.5. The van der Waals surface area contributed by atoms with E-state index in [1.54, 1.807) is 0 Å². The molecular weight excluding hydrogens is 349 g/mol. The van der Waals surface area contributed by atoms with Gasteiger partial charge in [-0.25, -0.2) is 18.1 Å². The number of halogens is 4. The summed E-state index contributed by atoms with van der Waals surface area (Å²) >= 11 is 6.50. The molecule has 0 atom stereocenters. The van der Waals surface area contributed by atoms with Crippen molar-refractivity contribution in [2.75, 3.05) is 0 Å². The van der Waals surface area contributed by atoms with Crippen LogP contribution in [0.3, 0.4) is 0 Å². The predicted octanol–water partition coefficient (Wildman–Crippen LogP) is 3.29. The molecule has 0 saturated carbocycles. The van der Waals surface area contributed by atoms with Crippen molar-refractivity contribution in [2.24, 2.45) is 0 Å². The third-order valence-corrected chi connectivity index (χ3v) is 5.48. The molecule has 0 aliphatic rings. The van der Waals surface area contributed by atoms with Gasteiger partial charge in [-0.3, -0.25) is 0 Å². The summed E-state index contributed by atoms with van der Waals surface area (Å²) in [5.41, 5.74) is -1.10. The van der Waals surface area contributed by atoms with Crippen LogP contribution in [0, 0.1) is 0 Å². The van der Waals surface area contributed by atoms with E-state index in [1.165, 1.54) is 24.3 Å². The van der Waals surface area contributed by atoms with Crippen molar-refractivity contribution in [2.45, 2.75) is 16.9 Å². The van der Waals surface area contributed by atoms with Crippen LogP contribution >= 0.6 is 22.9 Å². The van der Waals surface area contributed by atoms with Crippen molar-refractivity contribution < 1.29 is 21.6 Å². The first-order chi connectivity index (χ1) is 9.68. The summed E-state index contributed by atoms with van der Waals surface area (Å²) in [5.74, 6) is 0. The highest BCUT2D eigenvalue weighted by Gasteiger charge is 2.32. The van der Waals surface area contributed by atoms with Gasteiger partial charge < -0.3 is 0 Å². The Morgan fingerprint density at radius 2 is 1.95 bits per heavy atom. The first-order valence-electron chi connectivity index (χ1n) is 5.46. The second-order valence-corrected chi connectivity index (χ2v) is 7.60. The van der Waals surface area contributed by atoms with E-state index < -0.39 is 21.9 Å². The number of sulfonamides is 1. The largest absolute Gasteiger partial charge is 0.433 e. The zero-order valence-corrected chi connectivity index (χ0v) is 12.6. The standard InChI is InChI=1S/C11H8ClF3N2O2S2/c12-9-4-5-10(20-9)21(18,19)16-6-7-2-1-3-8(17-7)11(13,14)15/h1-5,16H,6H2. The molecule has 21 heavy (non-hydrogen) atoms. The fourth-order valence-electron chi connectivity index (χ4n) is 1.42. The van der Waals surface area contributed by atoms with Crippen LogP contribution < -0.4 is 4.72 Å². The lowest BCUT2D eigenvalue weighted by Crippen LogP contribution is -2.23. The summed E-state index contributed by atoms with van der Waals surface area (Å²) in [6, 6.07) is 6.02. The number of nitrogens with one attached hydrogen (secondary N) is 1. The monoisotopic (exact) mass is 356 g/mol. The van der Waals surface area contributed by atoms with E-state index in [2.05, 4.69) is 9.71 Å². The molecule has 0 aliphatic carbocycles. The van der Waals surface area contributed by atoms with Gasteiger partial charge in [0, 0.05) is 0 Å². The summed E-state index contributed by atoms with van der Waals surface area (Å²) in [7, 11) is -3.82. The van der Waals surface area contributed by atoms with Crippen LogP contribution in [0.2, 0.25) is 4.34 Å². The first kappa shape index (κ1) is 16.2. The maximum atomic E-state index is 12.5. The van der Waals surface area contributed by atoms with E-state index in [4.69, 9.17) is 11.6 Å². The SMILES string of the molecule is O=S(=O)(NCc1cccc(C(F)(F)F)n1)c1ccc(Cl)s1. The second kappa shape index (κ2) is 5.91. The highest BCUT2D eigenvalue weighted by molar-refractivity contribution is 7.91. The number of alkyl halides is 3. The van der Waals surface area contributed by atoms with Crippen LogP contribution in [-0.2, 0) is 22.7 Å². The van der Waals surface area contributed by atoms with E-state index in [0.717, 1.165) is 17.4 Å². The van der Waals surface area contributed by atoms with E-state index in [9.17, 15) is 21.6 Å². The van der Waals surface area contributed by atoms with E-state index in [1.807, 2.05) is 0 Å². The summed E-state index contributed by atoms with van der Waals surface area (Å²) in [6.45, 7) is -0.345. The van der Waals surface area contributed by atoms with Crippen molar-refractivity contribution >= 4 is 33.0 Å². The van der Waals surface area contributed by atoms with Crippen LogP contribution in [0.15, 0.2) is 34.5 Å². The fourth-order valence-corrected chi connectivity index (χ4v) is 3.94. The first-order valence-corrected chi connectivity index (χ1v) is 8.14. The maximum Gasteiger partial charge on any atom is 0.433 e. The van der Waals surface area contributed by atoms with Crippen LogP contribution in [0.1, 0.15) is 11.4 Å². The number of nitrogens with zero attached hydrogens (tertiary/aromatic N) is 1. The number of hydrogen-bond acceptors (Lipinski definition) is 4. The predicted molar refractivity (Wildman–Crippen MR) is 72.6 cm³/mol. The molecule has 4 nitrogen and oxygen atoms in total. The normalized spacial score (nSPS) is 12.6. The minimum Gasteiger partial charge on any atom is -0.247 e. The summed E-state index contributed by atoms with van der Waals surface area (Å²) < 4.78 is 63.7. The molecule has 1 N–H and O–H groups in total. The van der Waals surface area contributed by atoms with Gasteiger partial charge in [-0.2, -0.15) is 13.2 Å². The Morgan fingerprint density at radius 3 is 2.52 bits per heavy atom. The van der Waals surface area contributed by atoms with Crippen molar-refractivity contribution in [3.8, 4) is 0 Å². The zero-order chi connectivity index (χ0) is 15.7. The Morgan fingerprint density at radius 1 is 1.24 bits per heavy atom. The molecule has 0 spiro atoms. The number of pyridine rings is 1. The van der Waals surface area contributed by atoms with Crippen LogP contribution in [0.5, 0.6) is 0 Å².